The summed E-state index contributed by atoms with van der Waals surface area (Å²) in [5.74, 6) is 0. The zero-order valence-electron chi connectivity index (χ0n) is 6.25. The third-order valence-corrected chi connectivity index (χ3v) is 2.61. The number of rotatable bonds is 2. The largest absolute Gasteiger partial charge is 0.325 e. The smallest absolute Gasteiger partial charge is 0.198 e. The number of aromatic amines is 1. The number of hydrogen-bond donors (Lipinski definition) is 1. The van der Waals surface area contributed by atoms with Crippen LogP contribution in [0.5, 0.6) is 0 Å². The SMILES string of the molecule is CSc1cc(SC)[nH]c(=S)n1. The van der Waals surface area contributed by atoms with Crippen LogP contribution in [0.25, 0.3) is 0 Å². The zero-order chi connectivity index (χ0) is 8.27. The Morgan fingerprint density at radius 2 is 2.18 bits per heavy atom. The Kier molecular flexibility index (Phi) is 3.42. The van der Waals surface area contributed by atoms with E-state index in [-0.39, 0.29) is 0 Å². The molecule has 1 rings (SSSR count). The molecule has 0 saturated heterocycles. The summed E-state index contributed by atoms with van der Waals surface area (Å²) >= 11 is 8.16. The van der Waals surface area contributed by atoms with E-state index in [0.29, 0.717) is 4.77 Å². The first-order valence-electron chi connectivity index (χ1n) is 2.95. The standard InChI is InChI=1S/C6H8N2S3/c1-10-4-3-5(11-2)8-6(9)7-4/h3H,1-2H3,(H,7,8,9). The highest BCUT2D eigenvalue weighted by atomic mass is 32.2. The van der Waals surface area contributed by atoms with Gasteiger partial charge in [-0.25, -0.2) is 4.98 Å². The molecule has 1 aromatic heterocycles. The van der Waals surface area contributed by atoms with Gasteiger partial charge in [-0.3, -0.25) is 0 Å². The van der Waals surface area contributed by atoms with Crippen molar-refractivity contribution in [2.45, 2.75) is 10.1 Å². The average molecular weight is 204 g/mol. The summed E-state index contributed by atoms with van der Waals surface area (Å²) in [5, 5.41) is 2.03. The molecule has 0 atom stereocenters. The van der Waals surface area contributed by atoms with Crippen LogP contribution in [0.1, 0.15) is 0 Å². The van der Waals surface area contributed by atoms with Gasteiger partial charge in [-0.15, -0.1) is 23.5 Å². The second kappa shape index (κ2) is 4.13. The maximum absolute atomic E-state index is 4.93. The molecule has 60 valence electrons. The van der Waals surface area contributed by atoms with Crippen LogP contribution in [0.4, 0.5) is 0 Å². The van der Waals surface area contributed by atoms with Crippen LogP contribution in [-0.2, 0) is 0 Å². The van der Waals surface area contributed by atoms with E-state index in [1.807, 2.05) is 18.6 Å². The van der Waals surface area contributed by atoms with Crippen LogP contribution < -0.4 is 0 Å². The molecule has 1 N–H and O–H groups in total. The molecule has 5 heteroatoms. The van der Waals surface area contributed by atoms with E-state index in [2.05, 4.69) is 9.97 Å². The summed E-state index contributed by atoms with van der Waals surface area (Å²) in [6.07, 6.45) is 3.99. The second-order valence-corrected chi connectivity index (χ2v) is 3.86. The Hall–Kier alpha value is -0.0000000000000000833. The van der Waals surface area contributed by atoms with Gasteiger partial charge in [-0.1, -0.05) is 0 Å². The first kappa shape index (κ1) is 9.09. The van der Waals surface area contributed by atoms with Crippen molar-refractivity contribution < 1.29 is 0 Å². The third kappa shape index (κ3) is 2.50. The highest BCUT2D eigenvalue weighted by Gasteiger charge is 1.94. The molecule has 0 saturated carbocycles. The first-order valence-corrected chi connectivity index (χ1v) is 5.81. The minimum atomic E-state index is 0.557. The van der Waals surface area contributed by atoms with Crippen molar-refractivity contribution >= 4 is 35.7 Å². The highest BCUT2D eigenvalue weighted by Crippen LogP contribution is 2.17. The van der Waals surface area contributed by atoms with Gasteiger partial charge in [0.15, 0.2) is 4.77 Å². The number of thioether (sulfide) groups is 2. The second-order valence-electron chi connectivity index (χ2n) is 1.80. The van der Waals surface area contributed by atoms with Crippen LogP contribution in [0.15, 0.2) is 16.1 Å². The summed E-state index contributed by atoms with van der Waals surface area (Å²) in [7, 11) is 0. The number of nitrogens with one attached hydrogen (secondary N) is 1. The normalized spacial score (nSPS) is 10.0. The van der Waals surface area contributed by atoms with Gasteiger partial charge in [0.2, 0.25) is 0 Å². The van der Waals surface area contributed by atoms with Crippen molar-refractivity contribution in [3.05, 3.63) is 10.8 Å². The maximum atomic E-state index is 4.93. The van der Waals surface area contributed by atoms with E-state index >= 15 is 0 Å². The fourth-order valence-electron chi connectivity index (χ4n) is 0.628. The molecular weight excluding hydrogens is 196 g/mol. The van der Waals surface area contributed by atoms with Gasteiger partial charge in [0.25, 0.3) is 0 Å². The lowest BCUT2D eigenvalue weighted by Gasteiger charge is -1.98. The van der Waals surface area contributed by atoms with Gasteiger partial charge in [-0.05, 0) is 24.7 Å². The summed E-state index contributed by atoms with van der Waals surface area (Å²) in [6, 6.07) is 1.99. The summed E-state index contributed by atoms with van der Waals surface area (Å²) in [4.78, 5) is 7.09. The van der Waals surface area contributed by atoms with Gasteiger partial charge in [-0.2, -0.15) is 0 Å². The number of hydrogen-bond acceptors (Lipinski definition) is 4. The lowest BCUT2D eigenvalue weighted by molar-refractivity contribution is 0.945. The molecule has 1 aromatic rings. The molecule has 11 heavy (non-hydrogen) atoms. The topological polar surface area (TPSA) is 28.7 Å². The van der Waals surface area contributed by atoms with Crippen LogP contribution in [0.2, 0.25) is 0 Å². The molecule has 2 nitrogen and oxygen atoms in total. The molecule has 0 amide bonds. The minimum absolute atomic E-state index is 0.557. The monoisotopic (exact) mass is 204 g/mol. The molecule has 0 aromatic carbocycles. The molecular formula is C6H8N2S3. The van der Waals surface area contributed by atoms with Crippen LogP contribution >= 0.6 is 35.7 Å². The summed E-state index contributed by atoms with van der Waals surface area (Å²) in [6.45, 7) is 0. The quantitative estimate of drug-likeness (QED) is 0.455. The van der Waals surface area contributed by atoms with Crippen molar-refractivity contribution in [1.82, 2.24) is 9.97 Å². The van der Waals surface area contributed by atoms with Crippen molar-refractivity contribution in [2.24, 2.45) is 0 Å². The Morgan fingerprint density at radius 1 is 1.45 bits per heavy atom. The molecule has 0 radical (unpaired) electrons. The summed E-state index contributed by atoms with van der Waals surface area (Å²) in [5.41, 5.74) is 0. The lowest BCUT2D eigenvalue weighted by Crippen LogP contribution is -1.86. The van der Waals surface area contributed by atoms with Crippen molar-refractivity contribution in [1.29, 1.82) is 0 Å². The molecule has 0 unspecified atom stereocenters. The predicted octanol–water partition coefficient (Wildman–Crippen LogP) is 2.58. The Morgan fingerprint density at radius 3 is 2.73 bits per heavy atom. The van der Waals surface area contributed by atoms with E-state index in [0.717, 1.165) is 10.1 Å². The van der Waals surface area contributed by atoms with E-state index < -0.39 is 0 Å². The number of H-pyrrole nitrogens is 1. The molecule has 0 aliphatic rings. The van der Waals surface area contributed by atoms with Crippen molar-refractivity contribution in [3.63, 3.8) is 0 Å². The Labute approximate surface area is 79.2 Å². The van der Waals surface area contributed by atoms with E-state index in [1.54, 1.807) is 23.5 Å². The third-order valence-electron chi connectivity index (χ3n) is 1.13. The zero-order valence-corrected chi connectivity index (χ0v) is 8.70. The predicted molar refractivity (Wildman–Crippen MR) is 53.0 cm³/mol. The lowest BCUT2D eigenvalue weighted by atomic mass is 10.7. The van der Waals surface area contributed by atoms with E-state index in [9.17, 15) is 0 Å². The molecule has 0 bridgehead atoms. The fourth-order valence-corrected chi connectivity index (χ4v) is 1.88. The van der Waals surface area contributed by atoms with Crippen LogP contribution in [0.3, 0.4) is 0 Å². The average Bonchev–Trinajstić information content (AvgIpc) is 2.03. The highest BCUT2D eigenvalue weighted by molar-refractivity contribution is 7.99. The van der Waals surface area contributed by atoms with Gasteiger partial charge in [0.05, 0.1) is 5.03 Å². The van der Waals surface area contributed by atoms with Crippen LogP contribution in [-0.4, -0.2) is 22.5 Å². The maximum Gasteiger partial charge on any atom is 0.198 e. The summed E-state index contributed by atoms with van der Waals surface area (Å²) < 4.78 is 0.557. The molecule has 0 aliphatic heterocycles. The number of aromatic nitrogens is 2. The Balaban J connectivity index is 3.12. The molecule has 0 aliphatic carbocycles. The van der Waals surface area contributed by atoms with E-state index in [1.165, 1.54) is 0 Å². The van der Waals surface area contributed by atoms with Crippen molar-refractivity contribution in [3.8, 4) is 0 Å². The van der Waals surface area contributed by atoms with Gasteiger partial charge in [0.1, 0.15) is 5.03 Å². The van der Waals surface area contributed by atoms with Gasteiger partial charge >= 0.3 is 0 Å². The first-order chi connectivity index (χ1) is 5.26. The minimum Gasteiger partial charge on any atom is -0.325 e. The van der Waals surface area contributed by atoms with Gasteiger partial charge in [0, 0.05) is 6.07 Å². The fraction of sp³-hybridized carbons (Fsp3) is 0.333. The number of nitrogens with zero attached hydrogens (tertiary/aromatic N) is 1. The van der Waals surface area contributed by atoms with Gasteiger partial charge < -0.3 is 4.98 Å². The molecule has 0 spiro atoms. The van der Waals surface area contributed by atoms with E-state index in [4.69, 9.17) is 12.2 Å². The van der Waals surface area contributed by atoms with Crippen LogP contribution in [0, 0.1) is 4.77 Å². The van der Waals surface area contributed by atoms with Crippen molar-refractivity contribution in [2.75, 3.05) is 12.5 Å². The molecule has 1 heterocycles. The molecule has 0 fully saturated rings. The Bertz CT molecular complexity index is 269.